The molecule has 0 spiro atoms. The lowest BCUT2D eigenvalue weighted by Gasteiger charge is -1.96. The van der Waals surface area contributed by atoms with E-state index in [1.807, 2.05) is 6.92 Å². The van der Waals surface area contributed by atoms with E-state index in [4.69, 9.17) is 16.8 Å². The van der Waals surface area contributed by atoms with Gasteiger partial charge >= 0.3 is 0 Å². The highest BCUT2D eigenvalue weighted by molar-refractivity contribution is 6.31. The van der Waals surface area contributed by atoms with Crippen LogP contribution < -0.4 is 0 Å². The zero-order valence-electron chi connectivity index (χ0n) is 5.95. The van der Waals surface area contributed by atoms with Crippen LogP contribution in [0.4, 0.5) is 0 Å². The van der Waals surface area contributed by atoms with Crippen LogP contribution in [0.15, 0.2) is 17.3 Å². The quantitative estimate of drug-likeness (QED) is 0.303. The van der Waals surface area contributed by atoms with E-state index < -0.39 is 0 Å². The van der Waals surface area contributed by atoms with Crippen LogP contribution in [-0.2, 0) is 0 Å². The smallest absolute Gasteiger partial charge is 0.138 e. The highest BCUT2D eigenvalue weighted by Gasteiger charge is 1.97. The van der Waals surface area contributed by atoms with Crippen LogP contribution in [0.1, 0.15) is 11.3 Å². The van der Waals surface area contributed by atoms with Crippen molar-refractivity contribution in [2.75, 3.05) is 0 Å². The monoisotopic (exact) mass is 170 g/mol. The molecular weight excluding hydrogens is 164 g/mol. The Balaban J connectivity index is 3.09. The van der Waals surface area contributed by atoms with Crippen LogP contribution in [-0.4, -0.2) is 16.4 Å². The Morgan fingerprint density at radius 3 is 2.91 bits per heavy atom. The van der Waals surface area contributed by atoms with Crippen molar-refractivity contribution in [3.8, 4) is 0 Å². The molecule has 0 saturated heterocycles. The highest BCUT2D eigenvalue weighted by Crippen LogP contribution is 2.10. The molecule has 0 unspecified atom stereocenters. The van der Waals surface area contributed by atoms with Crippen molar-refractivity contribution >= 4 is 17.8 Å². The molecule has 1 heterocycles. The van der Waals surface area contributed by atoms with Crippen molar-refractivity contribution in [3.63, 3.8) is 0 Å². The minimum absolute atomic E-state index is 0.350. The second kappa shape index (κ2) is 3.34. The van der Waals surface area contributed by atoms with Crippen LogP contribution >= 0.6 is 11.6 Å². The van der Waals surface area contributed by atoms with Gasteiger partial charge in [-0.15, -0.1) is 0 Å². The molecule has 0 aromatic carbocycles. The van der Waals surface area contributed by atoms with E-state index in [2.05, 4.69) is 10.1 Å². The van der Waals surface area contributed by atoms with E-state index in [0.717, 1.165) is 5.69 Å². The summed E-state index contributed by atoms with van der Waals surface area (Å²) >= 11 is 5.69. The minimum Gasteiger partial charge on any atom is -0.411 e. The van der Waals surface area contributed by atoms with E-state index in [1.54, 1.807) is 12.1 Å². The summed E-state index contributed by atoms with van der Waals surface area (Å²) in [6.07, 6.45) is 1.24. The molecule has 1 rings (SSSR count). The van der Waals surface area contributed by atoms with Gasteiger partial charge in [-0.1, -0.05) is 16.8 Å². The number of aromatic nitrogens is 1. The first-order valence-corrected chi connectivity index (χ1v) is 3.42. The van der Waals surface area contributed by atoms with E-state index in [9.17, 15) is 0 Å². The summed E-state index contributed by atoms with van der Waals surface area (Å²) in [7, 11) is 0. The Labute approximate surface area is 69.3 Å². The molecule has 0 amide bonds. The van der Waals surface area contributed by atoms with Gasteiger partial charge in [0.15, 0.2) is 0 Å². The molecule has 0 aliphatic carbocycles. The van der Waals surface area contributed by atoms with Crippen LogP contribution in [0.25, 0.3) is 0 Å². The zero-order valence-corrected chi connectivity index (χ0v) is 6.71. The van der Waals surface area contributed by atoms with Gasteiger partial charge in [-0.2, -0.15) is 0 Å². The topological polar surface area (TPSA) is 45.5 Å². The Morgan fingerprint density at radius 1 is 1.64 bits per heavy atom. The predicted octanol–water partition coefficient (Wildman–Crippen LogP) is 1.85. The van der Waals surface area contributed by atoms with Crippen molar-refractivity contribution < 1.29 is 5.21 Å². The Morgan fingerprint density at radius 2 is 2.36 bits per heavy atom. The molecule has 0 atom stereocenters. The van der Waals surface area contributed by atoms with Crippen molar-refractivity contribution in [1.82, 2.24) is 4.98 Å². The van der Waals surface area contributed by atoms with Crippen molar-refractivity contribution in [1.29, 1.82) is 0 Å². The molecule has 3 nitrogen and oxygen atoms in total. The van der Waals surface area contributed by atoms with Gasteiger partial charge in [0.2, 0.25) is 0 Å². The summed E-state index contributed by atoms with van der Waals surface area (Å²) in [4.78, 5) is 3.96. The number of oxime groups is 1. The first kappa shape index (κ1) is 8.01. The third kappa shape index (κ3) is 1.91. The maximum atomic E-state index is 8.20. The lowest BCUT2D eigenvalue weighted by atomic mass is 10.3. The third-order valence-electron chi connectivity index (χ3n) is 1.21. The van der Waals surface area contributed by atoms with Gasteiger partial charge in [-0.3, -0.25) is 0 Å². The summed E-state index contributed by atoms with van der Waals surface area (Å²) in [5, 5.41) is 11.4. The van der Waals surface area contributed by atoms with Gasteiger partial charge in [0.1, 0.15) is 5.15 Å². The maximum absolute atomic E-state index is 8.20. The van der Waals surface area contributed by atoms with Crippen LogP contribution in [0.5, 0.6) is 0 Å². The third-order valence-corrected chi connectivity index (χ3v) is 1.52. The average molecular weight is 171 g/mol. The molecule has 0 aliphatic heterocycles. The molecule has 1 aromatic heterocycles. The molecule has 0 fully saturated rings. The lowest BCUT2D eigenvalue weighted by molar-refractivity contribution is 0.322. The van der Waals surface area contributed by atoms with Gasteiger partial charge in [0.25, 0.3) is 0 Å². The summed E-state index contributed by atoms with van der Waals surface area (Å²) in [5.41, 5.74) is 1.45. The lowest BCUT2D eigenvalue weighted by Crippen LogP contribution is -1.88. The fourth-order valence-corrected chi connectivity index (χ4v) is 0.939. The summed E-state index contributed by atoms with van der Waals surface area (Å²) in [6.45, 7) is 1.84. The fourth-order valence-electron chi connectivity index (χ4n) is 0.694. The molecule has 11 heavy (non-hydrogen) atoms. The molecule has 0 radical (unpaired) electrons. The zero-order chi connectivity index (χ0) is 8.27. The van der Waals surface area contributed by atoms with Gasteiger partial charge < -0.3 is 5.21 Å². The minimum atomic E-state index is 0.350. The van der Waals surface area contributed by atoms with Crippen molar-refractivity contribution in [3.05, 3.63) is 28.5 Å². The number of pyridine rings is 1. The van der Waals surface area contributed by atoms with Crippen LogP contribution in [0.2, 0.25) is 5.15 Å². The first-order chi connectivity index (χ1) is 5.24. The number of hydrogen-bond donors (Lipinski definition) is 1. The maximum Gasteiger partial charge on any atom is 0.138 e. The van der Waals surface area contributed by atoms with E-state index in [0.29, 0.717) is 10.7 Å². The second-order valence-corrected chi connectivity index (χ2v) is 2.44. The standard InChI is InChI=1S/C7H7ClN2O/c1-5-2-3-6(4-9-11)7(8)10-5/h2-4,11H,1H3. The largest absolute Gasteiger partial charge is 0.411 e. The molecule has 0 saturated carbocycles. The van der Waals surface area contributed by atoms with Crippen molar-refractivity contribution in [2.24, 2.45) is 5.16 Å². The normalized spacial score (nSPS) is 10.7. The molecular formula is C7H7ClN2O. The average Bonchev–Trinajstić information content (AvgIpc) is 1.95. The summed E-state index contributed by atoms with van der Waals surface area (Å²) in [6, 6.07) is 3.54. The molecule has 58 valence electrons. The summed E-state index contributed by atoms with van der Waals surface area (Å²) < 4.78 is 0. The number of halogens is 1. The highest BCUT2D eigenvalue weighted by atomic mass is 35.5. The SMILES string of the molecule is Cc1ccc(C=NO)c(Cl)n1. The van der Waals surface area contributed by atoms with Gasteiger partial charge in [-0.25, -0.2) is 4.98 Å². The summed E-state index contributed by atoms with van der Waals surface area (Å²) in [5.74, 6) is 0. The predicted molar refractivity (Wildman–Crippen MR) is 43.4 cm³/mol. The van der Waals surface area contributed by atoms with E-state index in [-0.39, 0.29) is 0 Å². The second-order valence-electron chi connectivity index (χ2n) is 2.08. The van der Waals surface area contributed by atoms with Gasteiger partial charge in [0, 0.05) is 11.3 Å². The molecule has 0 bridgehead atoms. The van der Waals surface area contributed by atoms with Crippen molar-refractivity contribution in [2.45, 2.75) is 6.92 Å². The van der Waals surface area contributed by atoms with Crippen LogP contribution in [0, 0.1) is 6.92 Å². The molecule has 4 heteroatoms. The fraction of sp³-hybridized carbons (Fsp3) is 0.143. The molecule has 0 aliphatic rings. The van der Waals surface area contributed by atoms with E-state index in [1.165, 1.54) is 6.21 Å². The molecule has 1 aromatic rings. The molecule has 1 N–H and O–H groups in total. The number of hydrogen-bond acceptors (Lipinski definition) is 3. The van der Waals surface area contributed by atoms with Gasteiger partial charge in [-0.05, 0) is 19.1 Å². The Bertz CT molecular complexity index is 286. The van der Waals surface area contributed by atoms with E-state index >= 15 is 0 Å². The number of rotatable bonds is 1. The Kier molecular flexibility index (Phi) is 2.44. The van der Waals surface area contributed by atoms with Crippen LogP contribution in [0.3, 0.4) is 0 Å². The number of aryl methyl sites for hydroxylation is 1. The Hall–Kier alpha value is -1.09. The van der Waals surface area contributed by atoms with Gasteiger partial charge in [0.05, 0.1) is 6.21 Å². The first-order valence-electron chi connectivity index (χ1n) is 3.04. The number of nitrogens with zero attached hydrogens (tertiary/aromatic N) is 2.